The maximum absolute atomic E-state index is 13.1. The van der Waals surface area contributed by atoms with Crippen LogP contribution in [0.4, 0.5) is 0 Å². The van der Waals surface area contributed by atoms with E-state index in [1.165, 1.54) is 19.6 Å². The van der Waals surface area contributed by atoms with Gasteiger partial charge in [0.05, 0.1) is 38.4 Å². The summed E-state index contributed by atoms with van der Waals surface area (Å²) in [5, 5.41) is 9.77. The molecule has 186 valence electrons. The number of rotatable bonds is 8. The molecule has 0 fully saturated rings. The first-order valence-electron chi connectivity index (χ1n) is 11.9. The van der Waals surface area contributed by atoms with E-state index in [-0.39, 0.29) is 24.4 Å². The van der Waals surface area contributed by atoms with E-state index < -0.39 is 5.97 Å². The van der Waals surface area contributed by atoms with E-state index in [2.05, 4.69) is 15.4 Å². The fourth-order valence-corrected chi connectivity index (χ4v) is 4.41. The molecule has 3 aromatic carbocycles. The molecule has 1 N–H and O–H groups in total. The maximum Gasteiger partial charge on any atom is 0.338 e. The van der Waals surface area contributed by atoms with Gasteiger partial charge in [-0.3, -0.25) is 14.2 Å². The third-order valence-corrected chi connectivity index (χ3v) is 6.26. The van der Waals surface area contributed by atoms with Gasteiger partial charge in [0.1, 0.15) is 11.7 Å². The summed E-state index contributed by atoms with van der Waals surface area (Å²) < 4.78 is 7.96. The van der Waals surface area contributed by atoms with Gasteiger partial charge in [-0.2, -0.15) is 5.10 Å². The lowest BCUT2D eigenvalue weighted by Gasteiger charge is -2.10. The van der Waals surface area contributed by atoms with Crippen molar-refractivity contribution in [3.8, 4) is 0 Å². The van der Waals surface area contributed by atoms with E-state index >= 15 is 0 Å². The molecule has 0 aliphatic carbocycles. The minimum Gasteiger partial charge on any atom is -0.465 e. The number of esters is 1. The van der Waals surface area contributed by atoms with E-state index in [9.17, 15) is 14.4 Å². The summed E-state index contributed by atoms with van der Waals surface area (Å²) in [5.74, 6) is -0.721. The van der Waals surface area contributed by atoms with Crippen molar-refractivity contribution in [3.63, 3.8) is 0 Å². The van der Waals surface area contributed by atoms with Crippen LogP contribution in [0.2, 0.25) is 0 Å². The highest BCUT2D eigenvalue weighted by atomic mass is 16.5. The van der Waals surface area contributed by atoms with Gasteiger partial charge >= 0.3 is 5.97 Å². The summed E-state index contributed by atoms with van der Waals surface area (Å²) in [6.07, 6.45) is 3.09. The SMILES string of the molecule is COC(=O)c1ccccc1CC(=O)NCCn1ncc2c(=O)n(Cc3cccc4ccccc34)cnc21. The normalized spacial score (nSPS) is 11.1. The molecular formula is C28H25N5O4. The van der Waals surface area contributed by atoms with E-state index in [0.29, 0.717) is 35.2 Å². The van der Waals surface area contributed by atoms with Crippen molar-refractivity contribution < 1.29 is 14.3 Å². The van der Waals surface area contributed by atoms with Crippen LogP contribution in [0.1, 0.15) is 21.5 Å². The average molecular weight is 496 g/mol. The molecule has 0 radical (unpaired) electrons. The Hall–Kier alpha value is -4.79. The van der Waals surface area contributed by atoms with Crippen molar-refractivity contribution in [2.24, 2.45) is 0 Å². The summed E-state index contributed by atoms with van der Waals surface area (Å²) in [4.78, 5) is 42.0. The van der Waals surface area contributed by atoms with Gasteiger partial charge in [0.2, 0.25) is 5.91 Å². The van der Waals surface area contributed by atoms with Gasteiger partial charge in [-0.25, -0.2) is 14.5 Å². The van der Waals surface area contributed by atoms with Crippen molar-refractivity contribution in [2.75, 3.05) is 13.7 Å². The molecule has 0 aliphatic heterocycles. The second-order valence-corrected chi connectivity index (χ2v) is 8.60. The number of hydrogen-bond acceptors (Lipinski definition) is 6. The molecule has 5 rings (SSSR count). The van der Waals surface area contributed by atoms with E-state index in [1.54, 1.807) is 33.5 Å². The number of nitrogens with one attached hydrogen (secondary N) is 1. The zero-order valence-electron chi connectivity index (χ0n) is 20.3. The zero-order chi connectivity index (χ0) is 25.8. The van der Waals surface area contributed by atoms with Crippen LogP contribution in [0.5, 0.6) is 0 Å². The highest BCUT2D eigenvalue weighted by Gasteiger charge is 2.15. The standard InChI is InChI=1S/C28H25N5O4/c1-37-28(36)23-12-5-3-8-20(23)15-25(34)29-13-14-33-26-24(16-31-33)27(35)32(18-30-26)17-21-10-6-9-19-7-2-4-11-22(19)21/h2-12,16,18H,13-15,17H2,1H3,(H,29,34). The van der Waals surface area contributed by atoms with Crippen LogP contribution in [-0.4, -0.2) is 44.9 Å². The van der Waals surface area contributed by atoms with Crippen molar-refractivity contribution in [3.05, 3.63) is 106 Å². The van der Waals surface area contributed by atoms with Crippen molar-refractivity contribution in [2.45, 2.75) is 19.5 Å². The highest BCUT2D eigenvalue weighted by molar-refractivity contribution is 5.93. The van der Waals surface area contributed by atoms with Gasteiger partial charge in [0, 0.05) is 6.54 Å². The Labute approximate surface area is 212 Å². The summed E-state index contributed by atoms with van der Waals surface area (Å²) in [5.41, 5.74) is 2.27. The molecule has 1 amide bonds. The van der Waals surface area contributed by atoms with Crippen LogP contribution in [0, 0.1) is 0 Å². The van der Waals surface area contributed by atoms with Crippen molar-refractivity contribution >= 4 is 33.7 Å². The first-order valence-corrected chi connectivity index (χ1v) is 11.9. The first-order chi connectivity index (χ1) is 18.0. The molecule has 0 aliphatic rings. The second kappa shape index (κ2) is 10.4. The van der Waals surface area contributed by atoms with Gasteiger partial charge in [0.25, 0.3) is 5.56 Å². The number of benzene rings is 3. The van der Waals surface area contributed by atoms with Crippen LogP contribution >= 0.6 is 0 Å². The topological polar surface area (TPSA) is 108 Å². The Morgan fingerprint density at radius 3 is 2.57 bits per heavy atom. The van der Waals surface area contributed by atoms with Crippen LogP contribution in [0.3, 0.4) is 0 Å². The molecule has 9 heteroatoms. The highest BCUT2D eigenvalue weighted by Crippen LogP contribution is 2.19. The lowest BCUT2D eigenvalue weighted by Crippen LogP contribution is -2.29. The minimum atomic E-state index is -0.483. The third-order valence-electron chi connectivity index (χ3n) is 6.26. The zero-order valence-corrected chi connectivity index (χ0v) is 20.3. The number of methoxy groups -OCH3 is 1. The maximum atomic E-state index is 13.1. The number of carbonyl (C=O) groups excluding carboxylic acids is 2. The predicted octanol–water partition coefficient (Wildman–Crippen LogP) is 2.94. The molecule has 2 heterocycles. The molecule has 0 unspecified atom stereocenters. The van der Waals surface area contributed by atoms with E-state index in [4.69, 9.17) is 4.74 Å². The molecular weight excluding hydrogens is 470 g/mol. The van der Waals surface area contributed by atoms with Crippen LogP contribution in [0.15, 0.2) is 84.0 Å². The Kier molecular flexibility index (Phi) is 6.76. The molecule has 2 aromatic heterocycles. The molecule has 0 saturated heterocycles. The van der Waals surface area contributed by atoms with Gasteiger partial charge in [-0.05, 0) is 28.0 Å². The Morgan fingerprint density at radius 2 is 1.70 bits per heavy atom. The quantitative estimate of drug-likeness (QED) is 0.332. The van der Waals surface area contributed by atoms with Gasteiger partial charge in [-0.15, -0.1) is 0 Å². The molecule has 37 heavy (non-hydrogen) atoms. The summed E-state index contributed by atoms with van der Waals surface area (Å²) in [7, 11) is 1.31. The van der Waals surface area contributed by atoms with Crippen molar-refractivity contribution in [1.82, 2.24) is 24.6 Å². The van der Waals surface area contributed by atoms with Crippen LogP contribution in [0.25, 0.3) is 21.8 Å². The van der Waals surface area contributed by atoms with Crippen molar-refractivity contribution in [1.29, 1.82) is 0 Å². The Bertz CT molecular complexity index is 1670. The number of nitrogens with zero attached hydrogens (tertiary/aromatic N) is 4. The lowest BCUT2D eigenvalue weighted by atomic mass is 10.0. The van der Waals surface area contributed by atoms with E-state index in [1.807, 2.05) is 42.5 Å². The molecule has 0 spiro atoms. The second-order valence-electron chi connectivity index (χ2n) is 8.60. The molecule has 9 nitrogen and oxygen atoms in total. The fourth-order valence-electron chi connectivity index (χ4n) is 4.41. The largest absolute Gasteiger partial charge is 0.465 e. The lowest BCUT2D eigenvalue weighted by molar-refractivity contribution is -0.120. The molecule has 0 saturated carbocycles. The third kappa shape index (κ3) is 4.97. The number of hydrogen-bond donors (Lipinski definition) is 1. The monoisotopic (exact) mass is 495 g/mol. The first kappa shape index (κ1) is 23.9. The Morgan fingerprint density at radius 1 is 0.946 bits per heavy atom. The molecule has 0 atom stereocenters. The van der Waals surface area contributed by atoms with Crippen LogP contribution < -0.4 is 10.9 Å². The number of fused-ring (bicyclic) bond motifs is 2. The van der Waals surface area contributed by atoms with E-state index in [0.717, 1.165) is 16.3 Å². The predicted molar refractivity (Wildman–Crippen MR) is 139 cm³/mol. The molecule has 5 aromatic rings. The van der Waals surface area contributed by atoms with Gasteiger partial charge < -0.3 is 10.1 Å². The number of aromatic nitrogens is 4. The smallest absolute Gasteiger partial charge is 0.338 e. The minimum absolute atomic E-state index is 0.0439. The number of carbonyl (C=O) groups is 2. The number of amides is 1. The summed E-state index contributed by atoms with van der Waals surface area (Å²) >= 11 is 0. The average Bonchev–Trinajstić information content (AvgIpc) is 3.34. The summed E-state index contributed by atoms with van der Waals surface area (Å²) in [6, 6.07) is 20.9. The van der Waals surface area contributed by atoms with Crippen LogP contribution in [-0.2, 0) is 29.0 Å². The van der Waals surface area contributed by atoms with Gasteiger partial charge in [0.15, 0.2) is 5.65 Å². The van der Waals surface area contributed by atoms with Gasteiger partial charge in [-0.1, -0.05) is 60.7 Å². The Balaban J connectivity index is 1.26. The molecule has 0 bridgehead atoms. The summed E-state index contributed by atoms with van der Waals surface area (Å²) in [6.45, 7) is 1.03. The number of ether oxygens (including phenoxy) is 1. The fraction of sp³-hybridized carbons (Fsp3) is 0.179.